The highest BCUT2D eigenvalue weighted by molar-refractivity contribution is 5.94. The summed E-state index contributed by atoms with van der Waals surface area (Å²) in [4.78, 5) is 2.67. The summed E-state index contributed by atoms with van der Waals surface area (Å²) in [5, 5.41) is 0. The van der Waals surface area contributed by atoms with E-state index in [-0.39, 0.29) is 10.8 Å². The van der Waals surface area contributed by atoms with Crippen LogP contribution in [0.3, 0.4) is 0 Å². The van der Waals surface area contributed by atoms with Crippen molar-refractivity contribution in [1.82, 2.24) is 0 Å². The van der Waals surface area contributed by atoms with Crippen LogP contribution in [0.5, 0.6) is 0 Å². The second-order valence-corrected chi connectivity index (χ2v) is 19.8. The van der Waals surface area contributed by atoms with Crippen LogP contribution >= 0.6 is 0 Å². The SMILES string of the molecule is CCC1CC2CCCC(C2)C12c1ccccc1-c1ccc(N(c3ccc4c(c3)C3(CC5CCC3C5)c3ccccc3-4)c3ccc(-c4ccccc4)cc3-c3ccccc3)cc12. The predicted molar refractivity (Wildman–Crippen MR) is 254 cm³/mol. The molecule has 7 aromatic rings. The van der Waals surface area contributed by atoms with Gasteiger partial charge in [-0.3, -0.25) is 0 Å². The molecule has 61 heavy (non-hydrogen) atoms. The molecule has 0 heterocycles. The molecule has 4 saturated carbocycles. The molecule has 0 aliphatic heterocycles. The Hall–Kier alpha value is -5.66. The monoisotopic (exact) mass is 789 g/mol. The standard InChI is InChI=1S/C60H55N/c1-2-44-32-39-14-13-19-46(33-39)60(44)55-23-12-10-21-50(55)52-30-28-48(37-57(52)60)61(58-31-25-43(41-15-5-3-6-16-41)35-53(58)42-17-7-4-8-18-42)47-27-29-51-49-20-9-11-22-54(49)59(56(51)36-47)38-40-24-26-45(59)34-40/h3-12,15-18,20-23,25,27-31,35-37,39-40,44-46H,2,13-14,19,24,26,32-34,38H2,1H3. The third-order valence-corrected chi connectivity index (χ3v) is 17.3. The fraction of sp³-hybridized carbons (Fsp3) is 0.300. The van der Waals surface area contributed by atoms with E-state index in [0.29, 0.717) is 17.8 Å². The smallest absolute Gasteiger partial charge is 0.0540 e. The van der Waals surface area contributed by atoms with Crippen LogP contribution in [0.25, 0.3) is 44.5 Å². The number of fused-ring (bicyclic) bond motifs is 16. The zero-order chi connectivity index (χ0) is 40.3. The molecule has 1 heteroatoms. The van der Waals surface area contributed by atoms with Gasteiger partial charge in [-0.1, -0.05) is 160 Å². The van der Waals surface area contributed by atoms with Gasteiger partial charge in [0.05, 0.1) is 5.69 Å². The molecule has 4 fully saturated rings. The lowest BCUT2D eigenvalue weighted by Crippen LogP contribution is -2.48. The minimum absolute atomic E-state index is 0.0470. The van der Waals surface area contributed by atoms with Crippen LogP contribution in [0.15, 0.2) is 164 Å². The summed E-state index contributed by atoms with van der Waals surface area (Å²) in [6, 6.07) is 63.7. The maximum absolute atomic E-state index is 2.70. The first-order valence-electron chi connectivity index (χ1n) is 23.7. The van der Waals surface area contributed by atoms with Gasteiger partial charge in [0.2, 0.25) is 0 Å². The van der Waals surface area contributed by atoms with E-state index in [1.807, 2.05) is 0 Å². The van der Waals surface area contributed by atoms with Crippen LogP contribution in [0.2, 0.25) is 0 Å². The van der Waals surface area contributed by atoms with Crippen LogP contribution in [-0.2, 0) is 10.8 Å². The second kappa shape index (κ2) is 13.7. The second-order valence-electron chi connectivity index (χ2n) is 19.8. The number of nitrogens with zero attached hydrogens (tertiary/aromatic N) is 1. The van der Waals surface area contributed by atoms with E-state index in [0.717, 1.165) is 11.8 Å². The Morgan fingerprint density at radius 1 is 0.459 bits per heavy atom. The summed E-state index contributed by atoms with van der Waals surface area (Å²) in [7, 11) is 0. The van der Waals surface area contributed by atoms with Crippen molar-refractivity contribution in [2.45, 2.75) is 82.0 Å². The number of anilines is 3. The number of hydrogen-bond acceptors (Lipinski definition) is 1. The van der Waals surface area contributed by atoms with E-state index in [4.69, 9.17) is 0 Å². The van der Waals surface area contributed by atoms with Crippen molar-refractivity contribution >= 4 is 17.1 Å². The molecule has 6 aliphatic carbocycles. The average Bonchev–Trinajstić information content (AvgIpc) is 4.08. The highest BCUT2D eigenvalue weighted by Gasteiger charge is 2.58. The first-order valence-corrected chi connectivity index (χ1v) is 23.7. The van der Waals surface area contributed by atoms with E-state index >= 15 is 0 Å². The van der Waals surface area contributed by atoms with Crippen molar-refractivity contribution in [3.05, 3.63) is 186 Å². The molecule has 7 unspecified atom stereocenters. The van der Waals surface area contributed by atoms with Crippen molar-refractivity contribution in [3.63, 3.8) is 0 Å². The Morgan fingerprint density at radius 3 is 1.82 bits per heavy atom. The number of rotatable bonds is 6. The molecule has 0 radical (unpaired) electrons. The minimum atomic E-state index is 0.0470. The Labute approximate surface area is 362 Å². The van der Waals surface area contributed by atoms with Crippen molar-refractivity contribution < 1.29 is 0 Å². The van der Waals surface area contributed by atoms with E-state index in [2.05, 4.69) is 176 Å². The summed E-state index contributed by atoms with van der Waals surface area (Å²) in [6.45, 7) is 2.48. The quantitative estimate of drug-likeness (QED) is 0.162. The summed E-state index contributed by atoms with van der Waals surface area (Å²) < 4.78 is 0. The fourth-order valence-electron chi connectivity index (χ4n) is 15.0. The predicted octanol–water partition coefficient (Wildman–Crippen LogP) is 16.1. The van der Waals surface area contributed by atoms with Gasteiger partial charge in [0.15, 0.2) is 0 Å². The highest BCUT2D eigenvalue weighted by atomic mass is 15.1. The van der Waals surface area contributed by atoms with Gasteiger partial charge in [0.25, 0.3) is 0 Å². The van der Waals surface area contributed by atoms with Gasteiger partial charge in [-0.15, -0.1) is 0 Å². The van der Waals surface area contributed by atoms with Gasteiger partial charge < -0.3 is 4.90 Å². The Morgan fingerprint density at radius 2 is 1.10 bits per heavy atom. The van der Waals surface area contributed by atoms with E-state index < -0.39 is 0 Å². The zero-order valence-electron chi connectivity index (χ0n) is 35.5. The third kappa shape index (κ3) is 5.07. The van der Waals surface area contributed by atoms with Gasteiger partial charge >= 0.3 is 0 Å². The molecule has 6 aliphatic rings. The van der Waals surface area contributed by atoms with E-state index in [1.165, 1.54) is 126 Å². The van der Waals surface area contributed by atoms with Gasteiger partial charge in [0.1, 0.15) is 0 Å². The molecule has 1 nitrogen and oxygen atoms in total. The zero-order valence-corrected chi connectivity index (χ0v) is 35.5. The van der Waals surface area contributed by atoms with Crippen molar-refractivity contribution in [1.29, 1.82) is 0 Å². The highest BCUT2D eigenvalue weighted by Crippen LogP contribution is 2.67. The summed E-state index contributed by atoms with van der Waals surface area (Å²) >= 11 is 0. The topological polar surface area (TPSA) is 3.24 Å². The molecule has 4 bridgehead atoms. The lowest BCUT2D eigenvalue weighted by Gasteiger charge is -2.54. The van der Waals surface area contributed by atoms with E-state index in [9.17, 15) is 0 Å². The molecule has 0 N–H and O–H groups in total. The molecule has 0 amide bonds. The lowest BCUT2D eigenvalue weighted by molar-refractivity contribution is 0.0557. The molecule has 0 saturated heterocycles. The Kier molecular flexibility index (Phi) is 8.08. The Balaban J connectivity index is 1.07. The largest absolute Gasteiger partial charge is 0.310 e. The maximum Gasteiger partial charge on any atom is 0.0540 e. The van der Waals surface area contributed by atoms with Gasteiger partial charge in [-0.05, 0) is 166 Å². The minimum Gasteiger partial charge on any atom is -0.310 e. The van der Waals surface area contributed by atoms with Gasteiger partial charge in [-0.25, -0.2) is 0 Å². The summed E-state index contributed by atoms with van der Waals surface area (Å²) in [6.07, 6.45) is 13.5. The van der Waals surface area contributed by atoms with Gasteiger partial charge in [-0.2, -0.15) is 0 Å². The van der Waals surface area contributed by atoms with Crippen LogP contribution in [0.4, 0.5) is 17.1 Å². The maximum atomic E-state index is 2.70. The Bertz CT molecular complexity index is 2830. The van der Waals surface area contributed by atoms with Crippen LogP contribution < -0.4 is 4.90 Å². The van der Waals surface area contributed by atoms with Crippen LogP contribution in [0, 0.1) is 29.6 Å². The molecule has 7 atom stereocenters. The molecule has 0 aromatic heterocycles. The molecular formula is C60H55N. The van der Waals surface area contributed by atoms with Crippen molar-refractivity contribution in [2.75, 3.05) is 4.90 Å². The first kappa shape index (κ1) is 36.0. The summed E-state index contributed by atoms with van der Waals surface area (Å²) in [5.74, 6) is 3.73. The fourth-order valence-corrected chi connectivity index (χ4v) is 15.0. The van der Waals surface area contributed by atoms with Crippen molar-refractivity contribution in [2.24, 2.45) is 29.6 Å². The van der Waals surface area contributed by atoms with E-state index in [1.54, 1.807) is 22.3 Å². The van der Waals surface area contributed by atoms with Gasteiger partial charge in [0, 0.05) is 27.8 Å². The molecule has 2 spiro atoms. The summed E-state index contributed by atoms with van der Waals surface area (Å²) in [5.41, 5.74) is 21.2. The normalized spacial score (nSPS) is 27.2. The molecular weight excluding hydrogens is 735 g/mol. The molecule has 300 valence electrons. The molecule has 13 rings (SSSR count). The number of benzene rings is 7. The van der Waals surface area contributed by atoms with Crippen LogP contribution in [0.1, 0.15) is 93.4 Å². The average molecular weight is 790 g/mol. The molecule has 7 aromatic carbocycles. The third-order valence-electron chi connectivity index (χ3n) is 17.3. The lowest BCUT2D eigenvalue weighted by atomic mass is 9.50. The van der Waals surface area contributed by atoms with Crippen LogP contribution in [-0.4, -0.2) is 0 Å². The van der Waals surface area contributed by atoms with Crippen molar-refractivity contribution in [3.8, 4) is 44.5 Å². The first-order chi connectivity index (χ1) is 30.1. The number of hydrogen-bond donors (Lipinski definition) is 0.